The summed E-state index contributed by atoms with van der Waals surface area (Å²) in [5.74, 6) is 0.828. The van der Waals surface area contributed by atoms with E-state index in [1.54, 1.807) is 7.11 Å². The Morgan fingerprint density at radius 1 is 0.471 bits per heavy atom. The van der Waals surface area contributed by atoms with Gasteiger partial charge in [0.05, 0.1) is 7.11 Å². The number of benzene rings is 6. The van der Waals surface area contributed by atoms with Crippen LogP contribution in [0.4, 0.5) is 0 Å². The van der Waals surface area contributed by atoms with Gasteiger partial charge >= 0.3 is 0 Å². The Balaban J connectivity index is 1.81. The Morgan fingerprint density at radius 2 is 0.882 bits per heavy atom. The van der Waals surface area contributed by atoms with Gasteiger partial charge in [-0.15, -0.1) is 0 Å². The van der Waals surface area contributed by atoms with Gasteiger partial charge in [-0.25, -0.2) is 0 Å². The zero-order valence-corrected chi connectivity index (χ0v) is 18.6. The van der Waals surface area contributed by atoms with Crippen LogP contribution in [0.2, 0.25) is 0 Å². The first-order valence-corrected chi connectivity index (χ1v) is 11.3. The van der Waals surface area contributed by atoms with Crippen molar-refractivity contribution in [1.29, 1.82) is 0 Å². The molecular weight excluding hydrogens is 412 g/mol. The Morgan fingerprint density at radius 3 is 1.38 bits per heavy atom. The van der Waals surface area contributed by atoms with Gasteiger partial charge in [0.1, 0.15) is 5.75 Å². The van der Waals surface area contributed by atoms with E-state index in [4.69, 9.17) is 4.74 Å². The van der Waals surface area contributed by atoms with Crippen molar-refractivity contribution in [2.24, 2.45) is 0 Å². The topological polar surface area (TPSA) is 9.23 Å². The van der Waals surface area contributed by atoms with E-state index in [-0.39, 0.29) is 0 Å². The first-order valence-electron chi connectivity index (χ1n) is 11.3. The van der Waals surface area contributed by atoms with Crippen molar-refractivity contribution >= 4 is 64.6 Å². The fraction of sp³-hybridized carbons (Fsp3) is 0.0303. The van der Waals surface area contributed by atoms with E-state index in [2.05, 4.69) is 115 Å². The number of ether oxygens (including phenoxy) is 1. The molecule has 0 radical (unpaired) electrons. The Labute approximate surface area is 197 Å². The van der Waals surface area contributed by atoms with Gasteiger partial charge in [-0.1, -0.05) is 72.8 Å². The molecule has 1 nitrogen and oxygen atoms in total. The molecule has 0 aliphatic rings. The summed E-state index contributed by atoms with van der Waals surface area (Å²) in [5, 5.41) is 12.8. The van der Waals surface area contributed by atoms with Crippen LogP contribution in [0, 0.1) is 24.3 Å². The molecular formula is C33H18O. The Kier molecular flexibility index (Phi) is 3.95. The summed E-state index contributed by atoms with van der Waals surface area (Å²) < 4.78 is 6.04. The van der Waals surface area contributed by atoms with Crippen molar-refractivity contribution in [1.82, 2.24) is 0 Å². The highest BCUT2D eigenvalue weighted by molar-refractivity contribution is 6.16. The average Bonchev–Trinajstić information content (AvgIpc) is 2.87. The lowest BCUT2D eigenvalue weighted by molar-refractivity contribution is 0.425. The summed E-state index contributed by atoms with van der Waals surface area (Å²) in [5.41, 5.74) is 0. The molecule has 0 N–H and O–H groups in total. The van der Waals surface area contributed by atoms with Gasteiger partial charge in [0.15, 0.2) is 0 Å². The maximum absolute atomic E-state index is 6.04. The maximum atomic E-state index is 6.04. The minimum absolute atomic E-state index is 0.828. The molecule has 0 heterocycles. The van der Waals surface area contributed by atoms with Gasteiger partial charge in [-0.3, -0.25) is 0 Å². The first-order chi connectivity index (χ1) is 16.8. The van der Waals surface area contributed by atoms with Gasteiger partial charge in [-0.2, -0.15) is 0 Å². The van der Waals surface area contributed by atoms with Crippen molar-refractivity contribution in [2.45, 2.75) is 0 Å². The standard InChI is InChI=1S/C33H18O/c1-34-33-31-23-8-4-12-27(31)19-28-13-5-9-24(32(28)33)17-15-22-7-3-11-26-18-25-10-2-6-21(14-16-23)29(25)20-30(22)26/h2-13,18-20H,1H3. The minimum Gasteiger partial charge on any atom is -0.495 e. The third-order valence-corrected chi connectivity index (χ3v) is 6.71. The normalized spacial score (nSPS) is 11.2. The predicted octanol–water partition coefficient (Wildman–Crippen LogP) is 8.38. The van der Waals surface area contributed by atoms with E-state index in [9.17, 15) is 0 Å². The molecule has 0 spiro atoms. The lowest BCUT2D eigenvalue weighted by atomic mass is 9.97. The fourth-order valence-corrected chi connectivity index (χ4v) is 5.13. The van der Waals surface area contributed by atoms with Gasteiger partial charge in [0.2, 0.25) is 0 Å². The van der Waals surface area contributed by atoms with Gasteiger partial charge in [0, 0.05) is 32.3 Å². The van der Waals surface area contributed by atoms with Gasteiger partial charge in [0.25, 0.3) is 0 Å². The Bertz CT molecular complexity index is 1810. The summed E-state index contributed by atoms with van der Waals surface area (Å²) in [6.45, 7) is 0. The van der Waals surface area contributed by atoms with Crippen LogP contribution in [0.3, 0.4) is 0 Å². The maximum Gasteiger partial charge on any atom is 0.137 e. The monoisotopic (exact) mass is 430 g/mol. The summed E-state index contributed by atoms with van der Waals surface area (Å²) in [6.07, 6.45) is 0. The molecule has 0 saturated heterocycles. The van der Waals surface area contributed by atoms with Crippen LogP contribution in [-0.2, 0) is 0 Å². The van der Waals surface area contributed by atoms with Crippen molar-refractivity contribution in [3.63, 3.8) is 0 Å². The SMILES string of the molecule is COc1c2c3c#cc4cccc5cc6cccc(c#cc7cccc(cc2ccc3)c17)c6cc45. The second kappa shape index (κ2) is 7.14. The van der Waals surface area contributed by atoms with Crippen molar-refractivity contribution in [3.8, 4) is 5.75 Å². The number of hydrogen-bond acceptors (Lipinski definition) is 1. The molecule has 1 heteroatoms. The zero-order valence-electron chi connectivity index (χ0n) is 18.6. The average molecular weight is 431 g/mol. The summed E-state index contributed by atoms with van der Waals surface area (Å²) in [7, 11) is 1.73. The van der Waals surface area contributed by atoms with Crippen LogP contribution >= 0.6 is 0 Å². The largest absolute Gasteiger partial charge is 0.495 e. The molecule has 0 atom stereocenters. The quantitative estimate of drug-likeness (QED) is 0.238. The van der Waals surface area contributed by atoms with Gasteiger partial charge in [-0.05, 0) is 74.8 Å². The molecule has 7 aromatic rings. The molecule has 34 heavy (non-hydrogen) atoms. The third kappa shape index (κ3) is 2.72. The third-order valence-electron chi connectivity index (χ3n) is 6.71. The fourth-order valence-electron chi connectivity index (χ4n) is 5.13. The molecule has 7 aromatic carbocycles. The highest BCUT2D eigenvalue weighted by Crippen LogP contribution is 2.38. The molecule has 0 unspecified atom stereocenters. The highest BCUT2D eigenvalue weighted by Gasteiger charge is 2.11. The smallest absolute Gasteiger partial charge is 0.137 e. The lowest BCUT2D eigenvalue weighted by Gasteiger charge is -2.11. The number of rotatable bonds is 1. The molecule has 0 fully saturated rings. The van der Waals surface area contributed by atoms with Crippen LogP contribution in [0.15, 0.2) is 91.0 Å². The molecule has 0 aromatic heterocycles. The highest BCUT2D eigenvalue weighted by atomic mass is 16.5. The van der Waals surface area contributed by atoms with E-state index >= 15 is 0 Å². The number of hydrogen-bond donors (Lipinski definition) is 0. The molecule has 156 valence electrons. The zero-order chi connectivity index (χ0) is 22.6. The molecule has 7 rings (SSSR count). The first kappa shape index (κ1) is 18.8. The number of methoxy groups -OCH3 is 1. The van der Waals surface area contributed by atoms with E-state index in [1.807, 2.05) is 0 Å². The Hall–Kier alpha value is -4.72. The summed E-state index contributed by atoms with van der Waals surface area (Å²) >= 11 is 0. The molecule has 0 amide bonds. The van der Waals surface area contributed by atoms with E-state index in [0.717, 1.165) is 59.6 Å². The van der Waals surface area contributed by atoms with Crippen molar-refractivity contribution < 1.29 is 4.74 Å². The van der Waals surface area contributed by atoms with E-state index in [1.165, 1.54) is 10.8 Å². The summed E-state index contributed by atoms with van der Waals surface area (Å²) in [4.78, 5) is 0. The van der Waals surface area contributed by atoms with Crippen LogP contribution in [0.1, 0.15) is 0 Å². The predicted molar refractivity (Wildman–Crippen MR) is 142 cm³/mol. The molecule has 4 bridgehead atoms. The van der Waals surface area contributed by atoms with Crippen molar-refractivity contribution in [2.75, 3.05) is 7.11 Å². The van der Waals surface area contributed by atoms with Crippen LogP contribution < -0.4 is 4.74 Å². The van der Waals surface area contributed by atoms with Crippen molar-refractivity contribution in [3.05, 3.63) is 115 Å². The van der Waals surface area contributed by atoms with Crippen LogP contribution in [0.5, 0.6) is 5.75 Å². The molecule has 0 saturated carbocycles. The minimum atomic E-state index is 0.828. The second-order valence-corrected chi connectivity index (χ2v) is 8.62. The van der Waals surface area contributed by atoms with Crippen LogP contribution in [-0.4, -0.2) is 7.11 Å². The molecule has 0 aliphatic carbocycles. The molecule has 0 aliphatic heterocycles. The van der Waals surface area contributed by atoms with E-state index in [0.29, 0.717) is 0 Å². The lowest BCUT2D eigenvalue weighted by Crippen LogP contribution is -1.88. The van der Waals surface area contributed by atoms with E-state index < -0.39 is 0 Å². The summed E-state index contributed by atoms with van der Waals surface area (Å²) in [6, 6.07) is 45.7. The van der Waals surface area contributed by atoms with Gasteiger partial charge < -0.3 is 4.74 Å². The van der Waals surface area contributed by atoms with Crippen LogP contribution in [0.25, 0.3) is 64.6 Å². The second-order valence-electron chi connectivity index (χ2n) is 8.62.